The second-order valence-electron chi connectivity index (χ2n) is 10.8. The van der Waals surface area contributed by atoms with Crippen LogP contribution in [0.1, 0.15) is 56.8 Å². The number of fused-ring (bicyclic) bond motifs is 2. The number of ether oxygens (including phenoxy) is 1. The van der Waals surface area contributed by atoms with Crippen molar-refractivity contribution in [3.63, 3.8) is 0 Å². The van der Waals surface area contributed by atoms with E-state index in [-0.39, 0.29) is 29.4 Å². The van der Waals surface area contributed by atoms with Crippen LogP contribution in [0.3, 0.4) is 0 Å². The molecule has 9 nitrogen and oxygen atoms in total. The van der Waals surface area contributed by atoms with Gasteiger partial charge in [-0.1, -0.05) is 68.7 Å². The molecule has 1 saturated carbocycles. The van der Waals surface area contributed by atoms with Gasteiger partial charge in [-0.05, 0) is 48.6 Å². The molecule has 1 aliphatic carbocycles. The van der Waals surface area contributed by atoms with Gasteiger partial charge in [0.15, 0.2) is 5.65 Å². The summed E-state index contributed by atoms with van der Waals surface area (Å²) in [5.74, 6) is 0.821. The fraction of sp³-hybridized carbons (Fsp3) is 0.344. The lowest BCUT2D eigenvalue weighted by Gasteiger charge is -2.19. The number of benzene rings is 2. The van der Waals surface area contributed by atoms with Crippen LogP contribution in [0.5, 0.6) is 5.75 Å². The second kappa shape index (κ2) is 11.2. The number of para-hydroxylation sites is 1. The summed E-state index contributed by atoms with van der Waals surface area (Å²) in [5, 5.41) is 9.09. The van der Waals surface area contributed by atoms with Crippen molar-refractivity contribution >= 4 is 35.0 Å². The van der Waals surface area contributed by atoms with Crippen molar-refractivity contribution in [1.29, 1.82) is 0 Å². The first kappa shape index (κ1) is 26.7. The van der Waals surface area contributed by atoms with E-state index in [0.29, 0.717) is 23.6 Å². The van der Waals surface area contributed by atoms with E-state index in [2.05, 4.69) is 11.5 Å². The van der Waals surface area contributed by atoms with Crippen molar-refractivity contribution in [3.05, 3.63) is 72.1 Å². The van der Waals surface area contributed by atoms with Crippen molar-refractivity contribution in [2.75, 3.05) is 4.90 Å². The van der Waals surface area contributed by atoms with Gasteiger partial charge in [0.05, 0.1) is 18.4 Å². The molecule has 0 radical (unpaired) electrons. The molecule has 1 saturated heterocycles. The van der Waals surface area contributed by atoms with Crippen LogP contribution < -0.4 is 9.64 Å². The van der Waals surface area contributed by atoms with Crippen LogP contribution in [0.2, 0.25) is 0 Å². The minimum absolute atomic E-state index is 0.133. The van der Waals surface area contributed by atoms with Gasteiger partial charge in [-0.15, -0.1) is 0 Å². The molecule has 1 aliphatic heterocycles. The number of unbranched alkanes of at least 4 members (excludes halogenated alkanes) is 1. The molecule has 0 bridgehead atoms. The number of hydrogen-bond acceptors (Lipinski definition) is 6. The summed E-state index contributed by atoms with van der Waals surface area (Å²) in [4.78, 5) is 48.6. The lowest BCUT2D eigenvalue weighted by Crippen LogP contribution is -2.31. The molecule has 6 rings (SSSR count). The van der Waals surface area contributed by atoms with Gasteiger partial charge in [-0.2, -0.15) is 0 Å². The Kier molecular flexibility index (Phi) is 7.26. The molecule has 2 amide bonds. The summed E-state index contributed by atoms with van der Waals surface area (Å²) in [6, 6.07) is 18.5. The van der Waals surface area contributed by atoms with E-state index in [1.165, 1.54) is 4.90 Å². The first-order valence-corrected chi connectivity index (χ1v) is 14.3. The van der Waals surface area contributed by atoms with Crippen LogP contribution in [0.25, 0.3) is 22.3 Å². The van der Waals surface area contributed by atoms with Crippen molar-refractivity contribution in [3.8, 4) is 16.9 Å². The molecule has 0 spiro atoms. The van der Waals surface area contributed by atoms with Gasteiger partial charge in [0.2, 0.25) is 11.8 Å². The Hall–Kier alpha value is -4.53. The zero-order valence-electron chi connectivity index (χ0n) is 23.0. The summed E-state index contributed by atoms with van der Waals surface area (Å²) in [6.45, 7) is 2.64. The molecule has 2 fully saturated rings. The molecule has 2 aromatic carbocycles. The van der Waals surface area contributed by atoms with Gasteiger partial charge < -0.3 is 14.4 Å². The number of carbonyl (C=O) groups excluding carboxylic acids is 2. The van der Waals surface area contributed by atoms with E-state index >= 15 is 0 Å². The van der Waals surface area contributed by atoms with Crippen LogP contribution in [-0.4, -0.2) is 37.6 Å². The lowest BCUT2D eigenvalue weighted by atomic mass is 9.81. The van der Waals surface area contributed by atoms with E-state index in [1.54, 1.807) is 18.2 Å². The third-order valence-electron chi connectivity index (χ3n) is 8.17. The number of hydrogen-bond donors (Lipinski definition) is 1. The number of amides is 2. The monoisotopic (exact) mass is 552 g/mol. The molecule has 4 aromatic rings. The van der Waals surface area contributed by atoms with E-state index in [9.17, 15) is 14.4 Å². The van der Waals surface area contributed by atoms with Gasteiger partial charge in [0.25, 0.3) is 0 Å². The van der Waals surface area contributed by atoms with Gasteiger partial charge >= 0.3 is 6.16 Å². The van der Waals surface area contributed by atoms with Crippen LogP contribution in [0.15, 0.2) is 60.7 Å². The van der Waals surface area contributed by atoms with Gasteiger partial charge in [0, 0.05) is 12.0 Å². The summed E-state index contributed by atoms with van der Waals surface area (Å²) in [6.07, 6.45) is 4.90. The molecule has 41 heavy (non-hydrogen) atoms. The highest BCUT2D eigenvalue weighted by Crippen LogP contribution is 2.40. The predicted molar refractivity (Wildman–Crippen MR) is 154 cm³/mol. The number of anilines is 1. The fourth-order valence-corrected chi connectivity index (χ4v) is 6.10. The Balaban J connectivity index is 1.33. The first-order chi connectivity index (χ1) is 19.9. The second-order valence-corrected chi connectivity index (χ2v) is 10.8. The van der Waals surface area contributed by atoms with Gasteiger partial charge in [-0.25, -0.2) is 19.7 Å². The number of carboxylic acid groups (broad SMARTS) is 1. The highest BCUT2D eigenvalue weighted by atomic mass is 16.7. The van der Waals surface area contributed by atoms with E-state index in [1.807, 2.05) is 42.5 Å². The summed E-state index contributed by atoms with van der Waals surface area (Å²) in [7, 11) is 0. The van der Waals surface area contributed by atoms with Crippen LogP contribution in [0.4, 0.5) is 10.6 Å². The van der Waals surface area contributed by atoms with Gasteiger partial charge in [0.1, 0.15) is 22.9 Å². The maximum absolute atomic E-state index is 13.2. The minimum Gasteiger partial charge on any atom is -0.449 e. The number of carbonyl (C=O) groups is 3. The topological polar surface area (TPSA) is 115 Å². The summed E-state index contributed by atoms with van der Waals surface area (Å²) in [5.41, 5.74) is 3.90. The Morgan fingerprint density at radius 2 is 1.66 bits per heavy atom. The zero-order valence-corrected chi connectivity index (χ0v) is 23.0. The normalized spacial score (nSPS) is 18.6. The fourth-order valence-electron chi connectivity index (χ4n) is 6.10. The summed E-state index contributed by atoms with van der Waals surface area (Å²) >= 11 is 0. The number of nitrogens with zero attached hydrogens (tertiary/aromatic N) is 4. The Morgan fingerprint density at radius 1 is 0.951 bits per heavy atom. The highest BCUT2D eigenvalue weighted by molar-refractivity contribution is 6.21. The van der Waals surface area contributed by atoms with Crippen LogP contribution in [0, 0.1) is 11.8 Å². The molecule has 9 heteroatoms. The highest BCUT2D eigenvalue weighted by Gasteiger charge is 2.49. The molecule has 1 N–H and O–H groups in total. The van der Waals surface area contributed by atoms with E-state index in [4.69, 9.17) is 19.8 Å². The van der Waals surface area contributed by atoms with E-state index in [0.717, 1.165) is 67.4 Å². The summed E-state index contributed by atoms with van der Waals surface area (Å²) < 4.78 is 7.03. The maximum Gasteiger partial charge on any atom is 0.511 e. The Bertz CT molecular complexity index is 1600. The average Bonchev–Trinajstić information content (AvgIpc) is 3.45. The molecule has 0 unspecified atom stereocenters. The predicted octanol–water partition coefficient (Wildman–Crippen LogP) is 6.23. The molecule has 2 aromatic heterocycles. The quantitative estimate of drug-likeness (QED) is 0.157. The van der Waals surface area contributed by atoms with Crippen molar-refractivity contribution < 1.29 is 24.2 Å². The SMILES string of the molecule is CCCCc1nc2ccc(N3C(=O)[C@H]4CCCC[C@H]4C3=O)nc2n1Cc1ccc(-c2ccccc2OC(=O)O)cc1. The molecule has 3 heterocycles. The third-order valence-corrected chi connectivity index (χ3v) is 8.17. The molecular formula is C32H32N4O5. The van der Waals surface area contributed by atoms with Crippen molar-refractivity contribution in [2.45, 2.75) is 58.4 Å². The Morgan fingerprint density at radius 3 is 2.34 bits per heavy atom. The largest absolute Gasteiger partial charge is 0.511 e. The molecule has 2 atom stereocenters. The molecular weight excluding hydrogens is 520 g/mol. The third kappa shape index (κ3) is 5.08. The number of imidazole rings is 1. The smallest absolute Gasteiger partial charge is 0.449 e. The standard InChI is InChI=1S/C32H32N4O5/c1-2-3-12-27-33-25-17-18-28(36-30(37)23-9-4-5-10-24(23)31(36)38)34-29(25)35(27)19-20-13-15-21(16-14-20)22-8-6-7-11-26(22)41-32(39)40/h6-8,11,13-18,23-24H,2-5,9-10,12,19H2,1H3,(H,39,40)/t23-,24+. The first-order valence-electron chi connectivity index (χ1n) is 14.3. The maximum atomic E-state index is 13.2. The number of aromatic nitrogens is 3. The van der Waals surface area contributed by atoms with Crippen molar-refractivity contribution in [1.82, 2.24) is 14.5 Å². The minimum atomic E-state index is -1.36. The number of aryl methyl sites for hydroxylation is 1. The molecule has 210 valence electrons. The van der Waals surface area contributed by atoms with Gasteiger partial charge in [-0.3, -0.25) is 9.59 Å². The van der Waals surface area contributed by atoms with Crippen LogP contribution in [-0.2, 0) is 22.6 Å². The zero-order chi connectivity index (χ0) is 28.5. The van der Waals surface area contributed by atoms with Crippen LogP contribution >= 0.6 is 0 Å². The number of imide groups is 1. The van der Waals surface area contributed by atoms with Crippen molar-refractivity contribution in [2.24, 2.45) is 11.8 Å². The lowest BCUT2D eigenvalue weighted by molar-refractivity contribution is -0.122. The van der Waals surface area contributed by atoms with E-state index < -0.39 is 6.16 Å². The number of pyridine rings is 1. The number of rotatable bonds is 8. The molecule has 2 aliphatic rings. The average molecular weight is 553 g/mol. The Labute approximate surface area is 237 Å².